The van der Waals surface area contributed by atoms with Crippen LogP contribution < -0.4 is 5.32 Å². The van der Waals surface area contributed by atoms with Crippen LogP contribution in [0, 0.1) is 0 Å². The lowest BCUT2D eigenvalue weighted by Gasteiger charge is -2.22. The van der Waals surface area contributed by atoms with Gasteiger partial charge in [-0.2, -0.15) is 0 Å². The van der Waals surface area contributed by atoms with Gasteiger partial charge in [-0.1, -0.05) is 0 Å². The molecule has 0 atom stereocenters. The maximum Gasteiger partial charge on any atom is 0.331 e. The quantitative estimate of drug-likeness (QED) is 0.0717. The van der Waals surface area contributed by atoms with Crippen LogP contribution in [-0.4, -0.2) is 184 Å². The minimum absolute atomic E-state index is 0.0694. The zero-order valence-corrected chi connectivity index (χ0v) is 27.4. The predicted octanol–water partition coefficient (Wildman–Crippen LogP) is 0.111. The molecule has 0 amide bonds. The fourth-order valence-electron chi connectivity index (χ4n) is 3.65. The third-order valence-corrected chi connectivity index (χ3v) is 6.04. The first kappa shape index (κ1) is 42.0. The second-order valence-electron chi connectivity index (χ2n) is 9.57. The minimum Gasteiger partial charge on any atom is -0.467 e. The molecule has 1 aliphatic rings. The topological polar surface area (TPSA) is 149 Å². The zero-order valence-electron chi connectivity index (χ0n) is 27.4. The van der Waals surface area contributed by atoms with Gasteiger partial charge in [-0.25, -0.2) is 4.79 Å². The first-order valence-electron chi connectivity index (χ1n) is 16.1. The van der Waals surface area contributed by atoms with E-state index in [1.807, 2.05) is 0 Å². The molecule has 0 radical (unpaired) electrons. The van der Waals surface area contributed by atoms with Crippen LogP contribution in [0.3, 0.4) is 0 Å². The summed E-state index contributed by atoms with van der Waals surface area (Å²) in [5.41, 5.74) is 0. The highest BCUT2D eigenvalue weighted by Crippen LogP contribution is 2.06. The average molecular weight is 658 g/mol. The standard InChI is InChI=1S/C30H59NO14/c1-33-30(32)28-44-25-24-42-21-20-40-17-16-38-13-12-36-9-8-34-6-7-35-10-11-37-14-15-39-18-19-41-22-23-43-26-27-45-29-2-4-31-5-3-29/h29,31H,2-28H2,1H3. The molecule has 0 spiro atoms. The van der Waals surface area contributed by atoms with Crippen LogP contribution >= 0.6 is 0 Å². The van der Waals surface area contributed by atoms with E-state index in [1.54, 1.807) is 0 Å². The number of nitrogens with one attached hydrogen (secondary N) is 1. The van der Waals surface area contributed by atoms with Gasteiger partial charge in [0, 0.05) is 0 Å². The van der Waals surface area contributed by atoms with Crippen molar-refractivity contribution in [3.63, 3.8) is 0 Å². The first-order valence-corrected chi connectivity index (χ1v) is 16.1. The molecule has 0 aromatic heterocycles. The number of ether oxygens (including phenoxy) is 13. The number of methoxy groups -OCH3 is 1. The van der Waals surface area contributed by atoms with Gasteiger partial charge in [0.1, 0.15) is 6.61 Å². The highest BCUT2D eigenvalue weighted by molar-refractivity contribution is 5.70. The van der Waals surface area contributed by atoms with Gasteiger partial charge < -0.3 is 66.9 Å². The summed E-state index contributed by atoms with van der Waals surface area (Å²) in [6.45, 7) is 13.0. The van der Waals surface area contributed by atoms with Gasteiger partial charge in [-0.05, 0) is 25.9 Å². The summed E-state index contributed by atoms with van der Waals surface area (Å²) < 4.78 is 69.8. The predicted molar refractivity (Wildman–Crippen MR) is 163 cm³/mol. The maximum atomic E-state index is 10.9. The third kappa shape index (κ3) is 32.7. The van der Waals surface area contributed by atoms with Gasteiger partial charge in [-0.15, -0.1) is 0 Å². The molecule has 45 heavy (non-hydrogen) atoms. The minimum atomic E-state index is -0.407. The Morgan fingerprint density at radius 2 is 0.711 bits per heavy atom. The van der Waals surface area contributed by atoms with E-state index in [9.17, 15) is 4.79 Å². The molecule has 0 aromatic rings. The molecular weight excluding hydrogens is 598 g/mol. The van der Waals surface area contributed by atoms with Gasteiger partial charge >= 0.3 is 5.97 Å². The molecule has 0 unspecified atom stereocenters. The van der Waals surface area contributed by atoms with Crippen molar-refractivity contribution in [3.05, 3.63) is 0 Å². The Morgan fingerprint density at radius 3 is 1.00 bits per heavy atom. The van der Waals surface area contributed by atoms with Crippen molar-refractivity contribution in [2.45, 2.75) is 18.9 Å². The number of hydrogen-bond donors (Lipinski definition) is 1. The van der Waals surface area contributed by atoms with Crippen molar-refractivity contribution < 1.29 is 66.4 Å². The molecule has 1 fully saturated rings. The van der Waals surface area contributed by atoms with E-state index in [2.05, 4.69) is 10.1 Å². The molecule has 1 N–H and O–H groups in total. The van der Waals surface area contributed by atoms with E-state index in [4.69, 9.17) is 56.8 Å². The van der Waals surface area contributed by atoms with E-state index < -0.39 is 5.97 Å². The Kier molecular flexibility index (Phi) is 33.4. The highest BCUT2D eigenvalue weighted by atomic mass is 16.6. The molecule has 15 heteroatoms. The third-order valence-electron chi connectivity index (χ3n) is 6.04. The van der Waals surface area contributed by atoms with Gasteiger partial charge in [0.25, 0.3) is 0 Å². The number of carbonyl (C=O) groups is 1. The Hall–Kier alpha value is -1.05. The van der Waals surface area contributed by atoms with Crippen LogP contribution in [0.25, 0.3) is 0 Å². The lowest BCUT2D eigenvalue weighted by atomic mass is 10.1. The monoisotopic (exact) mass is 657 g/mol. The lowest BCUT2D eigenvalue weighted by molar-refractivity contribution is -0.146. The summed E-state index contributed by atoms with van der Waals surface area (Å²) >= 11 is 0. The SMILES string of the molecule is COC(=O)COCCOCCOCCOCCOCCOCCOCCOCCOCCOCCOCCOC1CCNCC1. The summed E-state index contributed by atoms with van der Waals surface area (Å²) in [6.07, 6.45) is 2.52. The average Bonchev–Trinajstić information content (AvgIpc) is 3.06. The second kappa shape index (κ2) is 35.8. The summed E-state index contributed by atoms with van der Waals surface area (Å²) in [5, 5.41) is 3.32. The van der Waals surface area contributed by atoms with Crippen LogP contribution in [0.15, 0.2) is 0 Å². The summed E-state index contributed by atoms with van der Waals surface area (Å²) in [6, 6.07) is 0. The zero-order chi connectivity index (χ0) is 32.1. The van der Waals surface area contributed by atoms with E-state index in [0.717, 1.165) is 25.9 Å². The number of carbonyl (C=O) groups excluding carboxylic acids is 1. The van der Waals surface area contributed by atoms with Crippen molar-refractivity contribution >= 4 is 5.97 Å². The number of hydrogen-bond acceptors (Lipinski definition) is 15. The Balaban J connectivity index is 1.60. The van der Waals surface area contributed by atoms with Crippen LogP contribution in [-0.2, 0) is 66.4 Å². The van der Waals surface area contributed by atoms with E-state index in [-0.39, 0.29) is 6.61 Å². The van der Waals surface area contributed by atoms with Crippen molar-refractivity contribution in [2.75, 3.05) is 172 Å². The van der Waals surface area contributed by atoms with E-state index in [1.165, 1.54) is 7.11 Å². The summed E-state index contributed by atoms with van der Waals surface area (Å²) in [5.74, 6) is -0.407. The summed E-state index contributed by atoms with van der Waals surface area (Å²) in [7, 11) is 1.32. The van der Waals surface area contributed by atoms with Crippen LogP contribution in [0.1, 0.15) is 12.8 Å². The van der Waals surface area contributed by atoms with E-state index >= 15 is 0 Å². The molecule has 1 rings (SSSR count). The fourth-order valence-corrected chi connectivity index (χ4v) is 3.65. The molecule has 0 aliphatic carbocycles. The number of piperidine rings is 1. The Morgan fingerprint density at radius 1 is 0.444 bits per heavy atom. The second-order valence-corrected chi connectivity index (χ2v) is 9.57. The van der Waals surface area contributed by atoms with Crippen LogP contribution in [0.4, 0.5) is 0 Å². The highest BCUT2D eigenvalue weighted by Gasteiger charge is 2.12. The van der Waals surface area contributed by atoms with E-state index in [0.29, 0.717) is 151 Å². The molecular formula is C30H59NO14. The maximum absolute atomic E-state index is 10.9. The lowest BCUT2D eigenvalue weighted by Crippen LogP contribution is -2.33. The summed E-state index contributed by atoms with van der Waals surface area (Å²) in [4.78, 5) is 10.9. The van der Waals surface area contributed by atoms with Crippen molar-refractivity contribution in [1.29, 1.82) is 0 Å². The molecule has 0 aromatic carbocycles. The molecule has 1 heterocycles. The van der Waals surface area contributed by atoms with Gasteiger partial charge in [0.2, 0.25) is 0 Å². The molecule has 0 bridgehead atoms. The normalized spacial score (nSPS) is 13.9. The van der Waals surface area contributed by atoms with Crippen molar-refractivity contribution in [3.8, 4) is 0 Å². The number of esters is 1. The van der Waals surface area contributed by atoms with Crippen LogP contribution in [0.2, 0.25) is 0 Å². The van der Waals surface area contributed by atoms with Gasteiger partial charge in [-0.3, -0.25) is 0 Å². The Bertz CT molecular complexity index is 601. The van der Waals surface area contributed by atoms with Crippen molar-refractivity contribution in [2.24, 2.45) is 0 Å². The van der Waals surface area contributed by atoms with Crippen LogP contribution in [0.5, 0.6) is 0 Å². The molecule has 0 saturated carbocycles. The molecule has 15 nitrogen and oxygen atoms in total. The largest absolute Gasteiger partial charge is 0.467 e. The number of rotatable bonds is 36. The fraction of sp³-hybridized carbons (Fsp3) is 0.967. The molecule has 268 valence electrons. The Labute approximate surface area is 269 Å². The van der Waals surface area contributed by atoms with Gasteiger partial charge in [0.15, 0.2) is 0 Å². The first-order chi connectivity index (χ1) is 22.3. The van der Waals surface area contributed by atoms with Crippen molar-refractivity contribution in [1.82, 2.24) is 5.32 Å². The van der Waals surface area contributed by atoms with Gasteiger partial charge in [0.05, 0.1) is 159 Å². The molecule has 1 saturated heterocycles. The smallest absolute Gasteiger partial charge is 0.331 e. The molecule has 1 aliphatic heterocycles.